The number of ether oxygens (including phenoxy) is 1. The van der Waals surface area contributed by atoms with Crippen molar-refractivity contribution in [3.8, 4) is 0 Å². The molecule has 0 saturated carbocycles. The summed E-state index contributed by atoms with van der Waals surface area (Å²) in [5, 5.41) is 2.60. The van der Waals surface area contributed by atoms with Gasteiger partial charge in [0.05, 0.1) is 10.6 Å². The second-order valence-corrected chi connectivity index (χ2v) is 9.08. The van der Waals surface area contributed by atoms with Crippen LogP contribution in [-0.2, 0) is 30.8 Å². The number of nitrogens with zero attached hydrogens (tertiary/aromatic N) is 1. The van der Waals surface area contributed by atoms with Crippen molar-refractivity contribution in [2.75, 3.05) is 28.1 Å². The van der Waals surface area contributed by atoms with E-state index in [1.165, 1.54) is 31.2 Å². The van der Waals surface area contributed by atoms with Crippen molar-refractivity contribution in [1.29, 1.82) is 0 Å². The summed E-state index contributed by atoms with van der Waals surface area (Å²) in [7, 11) is -3.82. The fourth-order valence-electron chi connectivity index (χ4n) is 3.75. The minimum atomic E-state index is -3.82. The first-order chi connectivity index (χ1) is 14.3. The number of anilines is 3. The lowest BCUT2D eigenvalue weighted by molar-refractivity contribution is -0.127. The Balaban J connectivity index is 1.53. The molecule has 0 spiro atoms. The van der Waals surface area contributed by atoms with Crippen molar-refractivity contribution >= 4 is 38.9 Å². The van der Waals surface area contributed by atoms with Crippen molar-refractivity contribution in [3.05, 3.63) is 48.0 Å². The van der Waals surface area contributed by atoms with Gasteiger partial charge in [-0.05, 0) is 61.2 Å². The highest BCUT2D eigenvalue weighted by atomic mass is 32.2. The molecule has 1 saturated heterocycles. The van der Waals surface area contributed by atoms with Crippen LogP contribution in [0, 0.1) is 0 Å². The van der Waals surface area contributed by atoms with Crippen LogP contribution in [0.25, 0.3) is 0 Å². The van der Waals surface area contributed by atoms with Gasteiger partial charge in [-0.3, -0.25) is 14.3 Å². The van der Waals surface area contributed by atoms with Crippen molar-refractivity contribution in [1.82, 2.24) is 0 Å². The molecular formula is C21H23N3O5S. The van der Waals surface area contributed by atoms with E-state index in [-0.39, 0.29) is 16.7 Å². The van der Waals surface area contributed by atoms with E-state index in [1.54, 1.807) is 17.0 Å². The molecule has 4 rings (SSSR count). The Morgan fingerprint density at radius 3 is 2.50 bits per heavy atom. The standard InChI is InChI=1S/C21H23N3O5S/c1-14(25)22-16-6-8-18(9-7-16)30(27,28)23-17-5-4-15-10-11-24(19(15)13-17)21(26)20-3-2-12-29-20/h4-9,13,20,23H,2-3,10-12H2,1H3,(H,22,25)/t20-/m0/s1. The van der Waals surface area contributed by atoms with Crippen LogP contribution in [0.4, 0.5) is 17.1 Å². The molecular weight excluding hydrogens is 406 g/mol. The fourth-order valence-corrected chi connectivity index (χ4v) is 4.80. The number of carbonyl (C=O) groups excluding carboxylic acids is 2. The number of sulfonamides is 1. The third-order valence-electron chi connectivity index (χ3n) is 5.19. The smallest absolute Gasteiger partial charge is 0.261 e. The van der Waals surface area contributed by atoms with E-state index in [0.29, 0.717) is 30.9 Å². The van der Waals surface area contributed by atoms with Crippen LogP contribution in [0.3, 0.4) is 0 Å². The Hall–Kier alpha value is -2.91. The second-order valence-electron chi connectivity index (χ2n) is 7.40. The second kappa shape index (κ2) is 8.08. The molecule has 30 heavy (non-hydrogen) atoms. The lowest BCUT2D eigenvalue weighted by Gasteiger charge is -2.21. The summed E-state index contributed by atoms with van der Waals surface area (Å²) in [6.45, 7) is 2.54. The van der Waals surface area contributed by atoms with E-state index < -0.39 is 16.1 Å². The highest BCUT2D eigenvalue weighted by molar-refractivity contribution is 7.92. The lowest BCUT2D eigenvalue weighted by Crippen LogP contribution is -2.37. The van der Waals surface area contributed by atoms with Crippen LogP contribution in [0.1, 0.15) is 25.3 Å². The molecule has 8 nitrogen and oxygen atoms in total. The SMILES string of the molecule is CC(=O)Nc1ccc(S(=O)(=O)Nc2ccc3c(c2)N(C(=O)[C@@H]2CCCO2)CC3)cc1. The summed E-state index contributed by atoms with van der Waals surface area (Å²) in [6, 6.07) is 11.1. The normalized spacial score (nSPS) is 18.2. The topological polar surface area (TPSA) is 105 Å². The first-order valence-electron chi connectivity index (χ1n) is 9.80. The minimum Gasteiger partial charge on any atom is -0.368 e. The predicted octanol–water partition coefficient (Wildman–Crippen LogP) is 2.51. The van der Waals surface area contributed by atoms with Gasteiger partial charge in [0.15, 0.2) is 0 Å². The van der Waals surface area contributed by atoms with Crippen molar-refractivity contribution in [2.45, 2.75) is 37.2 Å². The summed E-state index contributed by atoms with van der Waals surface area (Å²) in [5.74, 6) is -0.302. The molecule has 0 aliphatic carbocycles. The lowest BCUT2D eigenvalue weighted by atomic mass is 10.1. The molecule has 2 aliphatic rings. The van der Waals surface area contributed by atoms with Crippen molar-refractivity contribution in [3.63, 3.8) is 0 Å². The molecule has 2 heterocycles. The third kappa shape index (κ3) is 4.17. The van der Waals surface area contributed by atoms with E-state index in [2.05, 4.69) is 10.0 Å². The average Bonchev–Trinajstić information content (AvgIpc) is 3.37. The maximum absolute atomic E-state index is 12.8. The number of hydrogen-bond donors (Lipinski definition) is 2. The van der Waals surface area contributed by atoms with Gasteiger partial charge in [-0.25, -0.2) is 8.42 Å². The molecule has 0 unspecified atom stereocenters. The largest absolute Gasteiger partial charge is 0.368 e. The van der Waals surface area contributed by atoms with Crippen molar-refractivity contribution in [2.24, 2.45) is 0 Å². The predicted molar refractivity (Wildman–Crippen MR) is 113 cm³/mol. The van der Waals surface area contributed by atoms with Gasteiger partial charge in [-0.1, -0.05) is 6.07 Å². The Bertz CT molecular complexity index is 1080. The number of carbonyl (C=O) groups is 2. The van der Waals surface area contributed by atoms with Gasteiger partial charge in [0.1, 0.15) is 6.10 Å². The van der Waals surface area contributed by atoms with Gasteiger partial charge in [-0.2, -0.15) is 0 Å². The zero-order valence-electron chi connectivity index (χ0n) is 16.6. The highest BCUT2D eigenvalue weighted by Gasteiger charge is 2.33. The van der Waals surface area contributed by atoms with E-state index in [0.717, 1.165) is 24.1 Å². The quantitative estimate of drug-likeness (QED) is 0.760. The van der Waals surface area contributed by atoms with E-state index in [9.17, 15) is 18.0 Å². The fraction of sp³-hybridized carbons (Fsp3) is 0.333. The zero-order chi connectivity index (χ0) is 21.3. The van der Waals surface area contributed by atoms with Crippen LogP contribution < -0.4 is 14.9 Å². The maximum atomic E-state index is 12.8. The molecule has 1 atom stereocenters. The molecule has 2 aromatic carbocycles. The van der Waals surface area contributed by atoms with Gasteiger partial charge in [0, 0.05) is 31.5 Å². The van der Waals surface area contributed by atoms with Gasteiger partial charge in [0.2, 0.25) is 5.91 Å². The van der Waals surface area contributed by atoms with Crippen molar-refractivity contribution < 1.29 is 22.7 Å². The molecule has 1 fully saturated rings. The van der Waals surface area contributed by atoms with Crippen LogP contribution in [0.5, 0.6) is 0 Å². The Morgan fingerprint density at radius 1 is 1.10 bits per heavy atom. The molecule has 2 N–H and O–H groups in total. The van der Waals surface area contributed by atoms with Gasteiger partial charge >= 0.3 is 0 Å². The molecule has 2 aromatic rings. The molecule has 0 radical (unpaired) electrons. The number of amides is 2. The first kappa shape index (κ1) is 20.4. The number of rotatable bonds is 5. The van der Waals surface area contributed by atoms with Crippen LogP contribution >= 0.6 is 0 Å². The Labute approximate surface area is 175 Å². The minimum absolute atomic E-state index is 0.0696. The molecule has 9 heteroatoms. The van der Waals surface area contributed by atoms with E-state index in [4.69, 9.17) is 4.74 Å². The number of nitrogens with one attached hydrogen (secondary N) is 2. The van der Waals surface area contributed by atoms with Crippen LogP contribution in [-0.4, -0.2) is 39.5 Å². The highest BCUT2D eigenvalue weighted by Crippen LogP contribution is 2.33. The molecule has 2 aliphatic heterocycles. The summed E-state index contributed by atoms with van der Waals surface area (Å²) < 4.78 is 33.6. The number of hydrogen-bond acceptors (Lipinski definition) is 5. The van der Waals surface area contributed by atoms with E-state index in [1.807, 2.05) is 6.07 Å². The summed E-state index contributed by atoms with van der Waals surface area (Å²) in [6.07, 6.45) is 1.90. The molecule has 158 valence electrons. The summed E-state index contributed by atoms with van der Waals surface area (Å²) in [5.41, 5.74) is 2.62. The Kier molecular flexibility index (Phi) is 5.48. The summed E-state index contributed by atoms with van der Waals surface area (Å²) in [4.78, 5) is 25.6. The number of benzene rings is 2. The van der Waals surface area contributed by atoms with Gasteiger partial charge < -0.3 is 15.0 Å². The van der Waals surface area contributed by atoms with Crippen LogP contribution in [0.2, 0.25) is 0 Å². The monoisotopic (exact) mass is 429 g/mol. The molecule has 0 bridgehead atoms. The first-order valence-corrected chi connectivity index (χ1v) is 11.3. The van der Waals surface area contributed by atoms with Gasteiger partial charge in [-0.15, -0.1) is 0 Å². The third-order valence-corrected chi connectivity index (χ3v) is 6.59. The zero-order valence-corrected chi connectivity index (χ0v) is 17.4. The Morgan fingerprint density at radius 2 is 1.83 bits per heavy atom. The number of fused-ring (bicyclic) bond motifs is 1. The van der Waals surface area contributed by atoms with E-state index >= 15 is 0 Å². The molecule has 0 aromatic heterocycles. The molecule has 2 amide bonds. The summed E-state index contributed by atoms with van der Waals surface area (Å²) >= 11 is 0. The van der Waals surface area contributed by atoms with Gasteiger partial charge in [0.25, 0.3) is 15.9 Å². The van der Waals surface area contributed by atoms with Crippen LogP contribution in [0.15, 0.2) is 47.4 Å². The maximum Gasteiger partial charge on any atom is 0.261 e. The average molecular weight is 429 g/mol.